The van der Waals surface area contributed by atoms with Crippen LogP contribution in [0.3, 0.4) is 0 Å². The molecule has 1 aromatic carbocycles. The van der Waals surface area contributed by atoms with E-state index >= 15 is 0 Å². The van der Waals surface area contributed by atoms with Gasteiger partial charge in [-0.15, -0.1) is 11.3 Å². The second kappa shape index (κ2) is 8.76. The first-order valence-electron chi connectivity index (χ1n) is 7.93. The van der Waals surface area contributed by atoms with Crippen molar-refractivity contribution in [2.24, 2.45) is 0 Å². The molecule has 2 amide bonds. The van der Waals surface area contributed by atoms with Crippen LogP contribution in [0.15, 0.2) is 70.7 Å². The molecule has 0 fully saturated rings. The number of urea groups is 1. The average Bonchev–Trinajstić information content (AvgIpc) is 3.33. The molecule has 0 saturated carbocycles. The van der Waals surface area contributed by atoms with Gasteiger partial charge in [0.05, 0.1) is 25.9 Å². The van der Waals surface area contributed by atoms with Gasteiger partial charge in [-0.3, -0.25) is 0 Å². The molecule has 0 saturated heterocycles. The lowest BCUT2D eigenvalue weighted by molar-refractivity contribution is 0.189. The highest BCUT2D eigenvalue weighted by atomic mass is 32.1. The van der Waals surface area contributed by atoms with Crippen molar-refractivity contribution < 1.29 is 9.21 Å². The number of thiophene rings is 1. The number of furan rings is 1. The molecule has 0 atom stereocenters. The van der Waals surface area contributed by atoms with Crippen molar-refractivity contribution in [3.05, 3.63) is 82.4 Å². The summed E-state index contributed by atoms with van der Waals surface area (Å²) in [6.07, 6.45) is 1.61. The Labute approximate surface area is 151 Å². The average molecular weight is 350 g/mol. The predicted molar refractivity (Wildman–Crippen MR) is 99.0 cm³/mol. The van der Waals surface area contributed by atoms with Gasteiger partial charge in [-0.25, -0.2) is 4.79 Å². The molecule has 0 unspecified atom stereocenters. The van der Waals surface area contributed by atoms with Crippen LogP contribution in [-0.4, -0.2) is 17.5 Å². The van der Waals surface area contributed by atoms with E-state index in [-0.39, 0.29) is 6.03 Å². The molecule has 25 heavy (non-hydrogen) atoms. The lowest BCUT2D eigenvalue weighted by Gasteiger charge is -2.21. The van der Waals surface area contributed by atoms with Crippen LogP contribution in [0.5, 0.6) is 0 Å². The number of nitrogens with zero attached hydrogens (tertiary/aromatic N) is 1. The fourth-order valence-electron chi connectivity index (χ4n) is 2.28. The standard InChI is InChI=1S/C20H18N2O2S/c23-20(21-12-4-9-17-7-2-1-3-8-17)22(15-18-10-5-13-24-18)16-19-11-6-14-25-19/h1-3,5-8,10-11,13-14H,12,15-16H2,(H,21,23). The van der Waals surface area contributed by atoms with Gasteiger partial charge in [-0.2, -0.15) is 0 Å². The summed E-state index contributed by atoms with van der Waals surface area (Å²) in [4.78, 5) is 15.4. The van der Waals surface area contributed by atoms with Crippen LogP contribution in [-0.2, 0) is 13.1 Å². The summed E-state index contributed by atoms with van der Waals surface area (Å²) in [6.45, 7) is 1.26. The van der Waals surface area contributed by atoms with Crippen LogP contribution in [0.2, 0.25) is 0 Å². The molecule has 4 nitrogen and oxygen atoms in total. The molecule has 2 heterocycles. The first-order chi connectivity index (χ1) is 12.3. The van der Waals surface area contributed by atoms with Crippen LogP contribution in [0, 0.1) is 11.8 Å². The Morgan fingerprint density at radius 2 is 1.96 bits per heavy atom. The number of amides is 2. The van der Waals surface area contributed by atoms with E-state index < -0.39 is 0 Å². The number of benzene rings is 1. The van der Waals surface area contributed by atoms with Gasteiger partial charge >= 0.3 is 6.03 Å². The fraction of sp³-hybridized carbons (Fsp3) is 0.150. The number of hydrogen-bond donors (Lipinski definition) is 1. The molecule has 3 aromatic rings. The van der Waals surface area contributed by atoms with Crippen molar-refractivity contribution in [2.75, 3.05) is 6.54 Å². The number of nitrogens with one attached hydrogen (secondary N) is 1. The molecule has 0 aliphatic carbocycles. The smallest absolute Gasteiger partial charge is 0.318 e. The largest absolute Gasteiger partial charge is 0.467 e. The van der Waals surface area contributed by atoms with E-state index in [2.05, 4.69) is 17.2 Å². The van der Waals surface area contributed by atoms with Crippen LogP contribution in [0.25, 0.3) is 0 Å². The molecule has 3 rings (SSSR count). The zero-order chi connectivity index (χ0) is 17.3. The maximum Gasteiger partial charge on any atom is 0.318 e. The molecule has 1 N–H and O–H groups in total. The van der Waals surface area contributed by atoms with E-state index in [0.717, 1.165) is 16.2 Å². The molecule has 0 radical (unpaired) electrons. The van der Waals surface area contributed by atoms with Crippen LogP contribution >= 0.6 is 11.3 Å². The Kier molecular flexibility index (Phi) is 5.91. The van der Waals surface area contributed by atoms with Crippen molar-refractivity contribution in [3.63, 3.8) is 0 Å². The van der Waals surface area contributed by atoms with Gasteiger partial charge < -0.3 is 14.6 Å². The van der Waals surface area contributed by atoms with E-state index in [1.165, 1.54) is 0 Å². The van der Waals surface area contributed by atoms with Crippen molar-refractivity contribution in [1.82, 2.24) is 10.2 Å². The van der Waals surface area contributed by atoms with Gasteiger partial charge in [-0.05, 0) is 35.7 Å². The summed E-state index contributed by atoms with van der Waals surface area (Å²) in [5.74, 6) is 6.76. The zero-order valence-electron chi connectivity index (χ0n) is 13.6. The van der Waals surface area contributed by atoms with Crippen molar-refractivity contribution >= 4 is 17.4 Å². The highest BCUT2D eigenvalue weighted by molar-refractivity contribution is 7.09. The van der Waals surface area contributed by atoms with E-state index in [4.69, 9.17) is 4.42 Å². The molecule has 0 aliphatic heterocycles. The lowest BCUT2D eigenvalue weighted by Crippen LogP contribution is -2.39. The molecule has 2 aromatic heterocycles. The quantitative estimate of drug-likeness (QED) is 0.704. The maximum absolute atomic E-state index is 12.5. The van der Waals surface area contributed by atoms with E-state index in [9.17, 15) is 4.79 Å². The monoisotopic (exact) mass is 350 g/mol. The van der Waals surface area contributed by atoms with Gasteiger partial charge in [0.25, 0.3) is 0 Å². The van der Waals surface area contributed by atoms with E-state index in [1.807, 2.05) is 60.0 Å². The third kappa shape index (κ3) is 5.27. The molecule has 0 spiro atoms. The third-order valence-corrected chi connectivity index (χ3v) is 4.34. The first kappa shape index (κ1) is 16.9. The highest BCUT2D eigenvalue weighted by Crippen LogP contribution is 2.14. The maximum atomic E-state index is 12.5. The molecule has 0 aliphatic rings. The van der Waals surface area contributed by atoms with Crippen molar-refractivity contribution in [3.8, 4) is 11.8 Å². The van der Waals surface area contributed by atoms with Gasteiger partial charge in [0, 0.05) is 10.4 Å². The molecular weight excluding hydrogens is 332 g/mol. The SMILES string of the molecule is O=C(NCC#Cc1ccccc1)N(Cc1ccco1)Cc1cccs1. The molecular formula is C20H18N2O2S. The molecule has 0 bridgehead atoms. The van der Waals surface area contributed by atoms with Crippen LogP contribution in [0.1, 0.15) is 16.2 Å². The Balaban J connectivity index is 1.59. The summed E-state index contributed by atoms with van der Waals surface area (Å²) in [7, 11) is 0. The zero-order valence-corrected chi connectivity index (χ0v) is 14.5. The summed E-state index contributed by atoms with van der Waals surface area (Å²) in [5, 5.41) is 4.86. The van der Waals surface area contributed by atoms with Crippen molar-refractivity contribution in [1.29, 1.82) is 0 Å². The number of carbonyl (C=O) groups excluding carboxylic acids is 1. The Morgan fingerprint density at radius 1 is 1.08 bits per heavy atom. The van der Waals surface area contributed by atoms with Crippen molar-refractivity contribution in [2.45, 2.75) is 13.1 Å². The lowest BCUT2D eigenvalue weighted by atomic mass is 10.2. The molecule has 5 heteroatoms. The topological polar surface area (TPSA) is 45.5 Å². The second-order valence-corrected chi connectivity index (χ2v) is 6.37. The van der Waals surface area contributed by atoms with Crippen LogP contribution in [0.4, 0.5) is 4.79 Å². The minimum absolute atomic E-state index is 0.160. The fourth-order valence-corrected chi connectivity index (χ4v) is 3.00. The summed E-state index contributed by atoms with van der Waals surface area (Å²) in [5.41, 5.74) is 0.933. The number of carbonyl (C=O) groups is 1. The number of hydrogen-bond acceptors (Lipinski definition) is 3. The Bertz CT molecular complexity index is 795. The first-order valence-corrected chi connectivity index (χ1v) is 8.81. The van der Waals surface area contributed by atoms with Gasteiger partial charge in [0.15, 0.2) is 0 Å². The third-order valence-electron chi connectivity index (χ3n) is 3.48. The minimum atomic E-state index is -0.160. The number of rotatable bonds is 5. The van der Waals surface area contributed by atoms with E-state index in [0.29, 0.717) is 19.6 Å². The normalized spacial score (nSPS) is 9.92. The summed E-state index contributed by atoms with van der Waals surface area (Å²) >= 11 is 1.63. The van der Waals surface area contributed by atoms with Gasteiger partial charge in [0.1, 0.15) is 5.76 Å². The predicted octanol–water partition coefficient (Wildman–Crippen LogP) is 4.10. The molecule has 126 valence electrons. The van der Waals surface area contributed by atoms with Gasteiger partial charge in [0.2, 0.25) is 0 Å². The summed E-state index contributed by atoms with van der Waals surface area (Å²) in [6, 6.07) is 17.2. The van der Waals surface area contributed by atoms with Crippen LogP contribution < -0.4 is 5.32 Å². The van der Waals surface area contributed by atoms with Gasteiger partial charge in [-0.1, -0.05) is 36.1 Å². The second-order valence-electron chi connectivity index (χ2n) is 5.34. The minimum Gasteiger partial charge on any atom is -0.467 e. The Morgan fingerprint density at radius 3 is 2.68 bits per heavy atom. The highest BCUT2D eigenvalue weighted by Gasteiger charge is 2.15. The van der Waals surface area contributed by atoms with E-state index in [1.54, 1.807) is 22.5 Å². The Hall–Kier alpha value is -2.97. The summed E-state index contributed by atoms with van der Waals surface area (Å²) < 4.78 is 5.37.